The van der Waals surface area contributed by atoms with Gasteiger partial charge in [0.25, 0.3) is 0 Å². The first-order valence-electron chi connectivity index (χ1n) is 20.1. The van der Waals surface area contributed by atoms with E-state index in [1.54, 1.807) is 6.07 Å². The number of aryl methyl sites for hydroxylation is 1. The van der Waals surface area contributed by atoms with Crippen LogP contribution in [0.3, 0.4) is 0 Å². The molecule has 8 unspecified atom stereocenters. The fraction of sp³-hybridized carbons (Fsp3) is 0.609. The summed E-state index contributed by atoms with van der Waals surface area (Å²) in [6.07, 6.45) is 16.7. The first kappa shape index (κ1) is 36.0. The van der Waals surface area contributed by atoms with Gasteiger partial charge in [-0.1, -0.05) is 95.9 Å². The van der Waals surface area contributed by atoms with Crippen molar-refractivity contribution in [3.63, 3.8) is 0 Å². The maximum Gasteiger partial charge on any atom is 0.344 e. The van der Waals surface area contributed by atoms with Crippen molar-refractivity contribution in [3.05, 3.63) is 87.3 Å². The molecule has 1 heterocycles. The van der Waals surface area contributed by atoms with Crippen molar-refractivity contribution in [2.45, 2.75) is 125 Å². The Morgan fingerprint density at radius 1 is 0.961 bits per heavy atom. The number of allylic oxidation sites excluding steroid dienone is 1. The zero-order valence-corrected chi connectivity index (χ0v) is 32.0. The predicted octanol–water partition coefficient (Wildman–Crippen LogP) is 11.0. The van der Waals surface area contributed by atoms with Gasteiger partial charge in [0.2, 0.25) is 0 Å². The molecule has 2 aromatic carbocycles. The number of carbonyl (C=O) groups excluding carboxylic acids is 1. The molecule has 0 aliphatic heterocycles. The SMILES string of the molecule is Cc1c(Cc2ccccc2)c(=O)oc2cc(OCC(=O)OC3CCC4(C)C(=CCC5C4CCC4(C)C(C(C)CCCC(C)C)CCC54)C3)ccc12. The third kappa shape index (κ3) is 7.08. The minimum Gasteiger partial charge on any atom is -0.482 e. The monoisotopic (exact) mass is 692 g/mol. The molecule has 4 aliphatic carbocycles. The normalized spacial score (nSPS) is 30.6. The van der Waals surface area contributed by atoms with Gasteiger partial charge in [0, 0.05) is 29.9 Å². The molecule has 5 heteroatoms. The van der Waals surface area contributed by atoms with Gasteiger partial charge < -0.3 is 13.9 Å². The van der Waals surface area contributed by atoms with Crippen molar-refractivity contribution in [2.24, 2.45) is 46.3 Å². The highest BCUT2D eigenvalue weighted by molar-refractivity contribution is 5.82. The summed E-state index contributed by atoms with van der Waals surface area (Å²) in [4.78, 5) is 26.0. The van der Waals surface area contributed by atoms with E-state index in [0.717, 1.165) is 71.3 Å². The fourth-order valence-corrected chi connectivity index (χ4v) is 11.6. The van der Waals surface area contributed by atoms with Crippen molar-refractivity contribution >= 4 is 16.9 Å². The fourth-order valence-electron chi connectivity index (χ4n) is 11.6. The lowest BCUT2D eigenvalue weighted by molar-refractivity contribution is -0.153. The molecule has 5 nitrogen and oxygen atoms in total. The van der Waals surface area contributed by atoms with E-state index in [2.05, 4.69) is 40.7 Å². The van der Waals surface area contributed by atoms with Crippen molar-refractivity contribution in [1.82, 2.24) is 0 Å². The van der Waals surface area contributed by atoms with Gasteiger partial charge in [0.1, 0.15) is 17.4 Å². The molecular weight excluding hydrogens is 633 g/mol. The molecule has 3 aromatic rings. The topological polar surface area (TPSA) is 65.7 Å². The second-order valence-electron chi connectivity index (χ2n) is 17.7. The first-order valence-corrected chi connectivity index (χ1v) is 20.1. The second kappa shape index (κ2) is 14.6. The van der Waals surface area contributed by atoms with Crippen LogP contribution in [0.4, 0.5) is 0 Å². The van der Waals surface area contributed by atoms with Crippen molar-refractivity contribution in [2.75, 3.05) is 6.61 Å². The summed E-state index contributed by atoms with van der Waals surface area (Å²) >= 11 is 0. The quantitative estimate of drug-likeness (QED) is 0.114. The van der Waals surface area contributed by atoms with Crippen LogP contribution in [0.25, 0.3) is 11.0 Å². The van der Waals surface area contributed by atoms with Crippen LogP contribution in [-0.2, 0) is 16.0 Å². The van der Waals surface area contributed by atoms with Gasteiger partial charge >= 0.3 is 11.6 Å². The van der Waals surface area contributed by atoms with Crippen molar-refractivity contribution < 1.29 is 18.7 Å². The highest BCUT2D eigenvalue weighted by Crippen LogP contribution is 2.67. The van der Waals surface area contributed by atoms with E-state index in [1.807, 2.05) is 49.4 Å². The highest BCUT2D eigenvalue weighted by Gasteiger charge is 2.59. The van der Waals surface area contributed by atoms with E-state index >= 15 is 0 Å². The second-order valence-corrected chi connectivity index (χ2v) is 17.7. The summed E-state index contributed by atoms with van der Waals surface area (Å²) in [6, 6.07) is 15.4. The summed E-state index contributed by atoms with van der Waals surface area (Å²) in [5.41, 5.74) is 4.98. The molecule has 7 rings (SSSR count). The van der Waals surface area contributed by atoms with Crippen LogP contribution in [0.2, 0.25) is 0 Å². The number of fused-ring (bicyclic) bond motifs is 6. The van der Waals surface area contributed by atoms with Crippen LogP contribution in [0.15, 0.2) is 69.4 Å². The van der Waals surface area contributed by atoms with Gasteiger partial charge in [-0.25, -0.2) is 9.59 Å². The van der Waals surface area contributed by atoms with Crippen LogP contribution in [-0.4, -0.2) is 18.7 Å². The zero-order chi connectivity index (χ0) is 35.9. The number of benzene rings is 2. The van der Waals surface area contributed by atoms with Gasteiger partial charge in [-0.15, -0.1) is 0 Å². The van der Waals surface area contributed by atoms with E-state index < -0.39 is 0 Å². The van der Waals surface area contributed by atoms with Crippen LogP contribution < -0.4 is 10.4 Å². The lowest BCUT2D eigenvalue weighted by atomic mass is 9.47. The Hall–Kier alpha value is -3.34. The smallest absolute Gasteiger partial charge is 0.344 e. The van der Waals surface area contributed by atoms with Gasteiger partial charge in [-0.2, -0.15) is 0 Å². The Balaban J connectivity index is 0.945. The van der Waals surface area contributed by atoms with Gasteiger partial charge in [-0.05, 0) is 121 Å². The number of rotatable bonds is 11. The maximum atomic E-state index is 13.0. The number of ether oxygens (including phenoxy) is 2. The standard InChI is InChI=1S/C46H60O5/c1-29(2)11-10-12-30(3)39-19-20-40-37-17-15-33-26-35(21-23-45(33,5)41(37)22-24-46(39,40)6)50-43(47)28-49-34-16-18-36-31(4)38(44(48)51-42(36)27-34)25-32-13-8-7-9-14-32/h7-9,13-16,18,27,29-30,35,37,39-41H,10-12,17,19-26,28H2,1-6H3. The zero-order valence-electron chi connectivity index (χ0n) is 32.0. The minimum absolute atomic E-state index is 0.103. The molecule has 274 valence electrons. The summed E-state index contributed by atoms with van der Waals surface area (Å²) < 4.78 is 17.6. The minimum atomic E-state index is -0.346. The van der Waals surface area contributed by atoms with E-state index in [1.165, 1.54) is 56.9 Å². The molecule has 0 N–H and O–H groups in total. The summed E-state index contributed by atoms with van der Waals surface area (Å²) in [6.45, 7) is 14.3. The largest absolute Gasteiger partial charge is 0.482 e. The number of esters is 1. The number of hydrogen-bond acceptors (Lipinski definition) is 5. The van der Waals surface area contributed by atoms with Crippen LogP contribution in [0.5, 0.6) is 5.75 Å². The molecule has 0 bridgehead atoms. The predicted molar refractivity (Wildman–Crippen MR) is 205 cm³/mol. The molecule has 3 saturated carbocycles. The third-order valence-electron chi connectivity index (χ3n) is 14.4. The van der Waals surface area contributed by atoms with Crippen LogP contribution in [0, 0.1) is 53.3 Å². The van der Waals surface area contributed by atoms with Crippen LogP contribution in [0.1, 0.15) is 122 Å². The molecule has 51 heavy (non-hydrogen) atoms. The Bertz CT molecular complexity index is 1800. The summed E-state index contributed by atoms with van der Waals surface area (Å²) in [7, 11) is 0. The van der Waals surface area contributed by atoms with E-state index in [-0.39, 0.29) is 29.7 Å². The molecular formula is C46H60O5. The third-order valence-corrected chi connectivity index (χ3v) is 14.4. The maximum absolute atomic E-state index is 13.0. The number of hydrogen-bond donors (Lipinski definition) is 0. The summed E-state index contributed by atoms with van der Waals surface area (Å²) in [5, 5.41) is 0.866. The Morgan fingerprint density at radius 3 is 2.55 bits per heavy atom. The average molecular weight is 693 g/mol. The van der Waals surface area contributed by atoms with Crippen LogP contribution >= 0.6 is 0 Å². The van der Waals surface area contributed by atoms with Crippen molar-refractivity contribution in [1.29, 1.82) is 0 Å². The van der Waals surface area contributed by atoms with E-state index in [0.29, 0.717) is 28.7 Å². The Kier molecular flexibility index (Phi) is 10.3. The molecule has 8 atom stereocenters. The van der Waals surface area contributed by atoms with Gasteiger partial charge in [-0.3, -0.25) is 0 Å². The average Bonchev–Trinajstić information content (AvgIpc) is 3.47. The lowest BCUT2D eigenvalue weighted by Gasteiger charge is -2.58. The lowest BCUT2D eigenvalue weighted by Crippen LogP contribution is -2.51. The number of carbonyl (C=O) groups is 1. The molecule has 0 amide bonds. The molecule has 3 fully saturated rings. The molecule has 1 aromatic heterocycles. The highest BCUT2D eigenvalue weighted by atomic mass is 16.6. The molecule has 0 spiro atoms. The van der Waals surface area contributed by atoms with E-state index in [9.17, 15) is 9.59 Å². The van der Waals surface area contributed by atoms with Gasteiger partial charge in [0.05, 0.1) is 0 Å². The first-order chi connectivity index (χ1) is 24.5. The Labute approximate surface area is 305 Å². The van der Waals surface area contributed by atoms with E-state index in [4.69, 9.17) is 13.9 Å². The van der Waals surface area contributed by atoms with Crippen molar-refractivity contribution in [3.8, 4) is 5.75 Å². The molecule has 0 saturated heterocycles. The van der Waals surface area contributed by atoms with Gasteiger partial charge in [0.15, 0.2) is 6.61 Å². The Morgan fingerprint density at radius 2 is 1.76 bits per heavy atom. The molecule has 4 aliphatic rings. The molecule has 0 radical (unpaired) electrons. The summed E-state index contributed by atoms with van der Waals surface area (Å²) in [5.74, 6) is 5.04.